The molecular weight excluding hydrogens is 246 g/mol. The molecule has 0 aliphatic heterocycles. The minimum absolute atomic E-state index is 0.00551. The Kier molecular flexibility index (Phi) is 3.37. The predicted octanol–water partition coefficient (Wildman–Crippen LogP) is 3.17. The number of nitrogen functional groups attached to an aromatic ring is 2. The van der Waals surface area contributed by atoms with Gasteiger partial charge in [-0.3, -0.25) is 10.1 Å². The molecule has 0 aromatic heterocycles. The largest absolute Gasteiger partial charge is 0.399 e. The smallest absolute Gasteiger partial charge is 0.269 e. The van der Waals surface area contributed by atoms with Crippen molar-refractivity contribution in [2.75, 3.05) is 11.5 Å². The molecular formula is C12H11N5O2. The molecule has 0 heterocycles. The van der Waals surface area contributed by atoms with E-state index in [-0.39, 0.29) is 5.69 Å². The molecule has 0 saturated carbocycles. The second-order valence-corrected chi connectivity index (χ2v) is 3.79. The van der Waals surface area contributed by atoms with Crippen molar-refractivity contribution < 1.29 is 4.92 Å². The van der Waals surface area contributed by atoms with Crippen LogP contribution in [0.1, 0.15) is 0 Å². The van der Waals surface area contributed by atoms with Crippen molar-refractivity contribution in [2.45, 2.75) is 0 Å². The summed E-state index contributed by atoms with van der Waals surface area (Å²) in [7, 11) is 0. The lowest BCUT2D eigenvalue weighted by molar-refractivity contribution is -0.384. The van der Waals surface area contributed by atoms with E-state index >= 15 is 0 Å². The zero-order valence-electron chi connectivity index (χ0n) is 9.85. The highest BCUT2D eigenvalue weighted by Gasteiger charge is 2.03. The maximum absolute atomic E-state index is 10.5. The summed E-state index contributed by atoms with van der Waals surface area (Å²) in [6.45, 7) is 0. The van der Waals surface area contributed by atoms with E-state index in [0.29, 0.717) is 22.7 Å². The molecule has 0 aliphatic rings. The van der Waals surface area contributed by atoms with Crippen molar-refractivity contribution in [3.63, 3.8) is 0 Å². The van der Waals surface area contributed by atoms with Crippen molar-refractivity contribution in [1.29, 1.82) is 0 Å². The molecule has 2 rings (SSSR count). The number of hydrogen-bond acceptors (Lipinski definition) is 6. The van der Waals surface area contributed by atoms with E-state index in [1.165, 1.54) is 24.3 Å². The highest BCUT2D eigenvalue weighted by atomic mass is 16.6. The van der Waals surface area contributed by atoms with Gasteiger partial charge in [0.1, 0.15) is 5.69 Å². The molecule has 96 valence electrons. The van der Waals surface area contributed by atoms with Gasteiger partial charge in [-0.2, -0.15) is 5.11 Å². The number of nitrogens with two attached hydrogens (primary N) is 2. The first-order chi connectivity index (χ1) is 9.06. The van der Waals surface area contributed by atoms with Gasteiger partial charge in [-0.15, -0.1) is 5.11 Å². The summed E-state index contributed by atoms with van der Waals surface area (Å²) >= 11 is 0. The van der Waals surface area contributed by atoms with E-state index in [1.807, 2.05) is 0 Å². The monoisotopic (exact) mass is 257 g/mol. The van der Waals surface area contributed by atoms with Crippen LogP contribution in [-0.4, -0.2) is 4.92 Å². The molecule has 7 nitrogen and oxygen atoms in total. The summed E-state index contributed by atoms with van der Waals surface area (Å²) in [6.07, 6.45) is 0. The Balaban J connectivity index is 2.20. The van der Waals surface area contributed by atoms with Crippen LogP contribution >= 0.6 is 0 Å². The van der Waals surface area contributed by atoms with E-state index < -0.39 is 4.92 Å². The summed E-state index contributed by atoms with van der Waals surface area (Å²) in [5, 5.41) is 18.4. The molecule has 19 heavy (non-hydrogen) atoms. The summed E-state index contributed by atoms with van der Waals surface area (Å²) in [4.78, 5) is 10.0. The summed E-state index contributed by atoms with van der Waals surface area (Å²) in [5.74, 6) is 0. The van der Waals surface area contributed by atoms with E-state index in [0.717, 1.165) is 0 Å². The van der Waals surface area contributed by atoms with Crippen LogP contribution in [0.5, 0.6) is 0 Å². The van der Waals surface area contributed by atoms with Crippen LogP contribution < -0.4 is 11.5 Å². The lowest BCUT2D eigenvalue weighted by atomic mass is 10.2. The fraction of sp³-hybridized carbons (Fsp3) is 0. The van der Waals surface area contributed by atoms with Gasteiger partial charge in [-0.1, -0.05) is 0 Å². The number of anilines is 2. The summed E-state index contributed by atoms with van der Waals surface area (Å²) in [6, 6.07) is 10.6. The number of rotatable bonds is 3. The number of azo groups is 1. The molecule has 2 aromatic carbocycles. The van der Waals surface area contributed by atoms with Crippen LogP contribution in [-0.2, 0) is 0 Å². The maximum atomic E-state index is 10.5. The molecule has 0 atom stereocenters. The Morgan fingerprint density at radius 3 is 2.26 bits per heavy atom. The first kappa shape index (κ1) is 12.5. The number of nitrogens with zero attached hydrogens (tertiary/aromatic N) is 3. The van der Waals surface area contributed by atoms with Gasteiger partial charge in [0.2, 0.25) is 0 Å². The Hall–Kier alpha value is -2.96. The first-order valence-corrected chi connectivity index (χ1v) is 5.37. The summed E-state index contributed by atoms with van der Waals surface area (Å²) in [5.41, 5.74) is 13.3. The fourth-order valence-electron chi connectivity index (χ4n) is 1.42. The Morgan fingerprint density at radius 2 is 1.68 bits per heavy atom. The van der Waals surface area contributed by atoms with Gasteiger partial charge in [-0.05, 0) is 30.3 Å². The van der Waals surface area contributed by atoms with Crippen LogP contribution in [0.4, 0.5) is 28.4 Å². The van der Waals surface area contributed by atoms with Crippen LogP contribution in [0.15, 0.2) is 52.7 Å². The van der Waals surface area contributed by atoms with Crippen molar-refractivity contribution >= 4 is 28.4 Å². The molecule has 7 heteroatoms. The predicted molar refractivity (Wildman–Crippen MR) is 72.5 cm³/mol. The van der Waals surface area contributed by atoms with E-state index in [9.17, 15) is 10.1 Å². The van der Waals surface area contributed by atoms with Crippen LogP contribution in [0.3, 0.4) is 0 Å². The van der Waals surface area contributed by atoms with Gasteiger partial charge in [0.15, 0.2) is 0 Å². The number of non-ortho nitro benzene ring substituents is 1. The molecule has 0 aliphatic carbocycles. The first-order valence-electron chi connectivity index (χ1n) is 5.37. The second-order valence-electron chi connectivity index (χ2n) is 3.79. The van der Waals surface area contributed by atoms with Crippen LogP contribution in [0, 0.1) is 10.1 Å². The third-order valence-corrected chi connectivity index (χ3v) is 2.39. The van der Waals surface area contributed by atoms with E-state index in [2.05, 4.69) is 10.2 Å². The second kappa shape index (κ2) is 5.13. The minimum atomic E-state index is -0.473. The van der Waals surface area contributed by atoms with Crippen molar-refractivity contribution in [2.24, 2.45) is 10.2 Å². The van der Waals surface area contributed by atoms with Gasteiger partial charge in [0.05, 0.1) is 16.3 Å². The lowest BCUT2D eigenvalue weighted by Crippen LogP contribution is -1.89. The van der Waals surface area contributed by atoms with Crippen molar-refractivity contribution in [3.8, 4) is 0 Å². The maximum Gasteiger partial charge on any atom is 0.269 e. The zero-order chi connectivity index (χ0) is 13.8. The van der Waals surface area contributed by atoms with E-state index in [1.54, 1.807) is 18.2 Å². The zero-order valence-corrected chi connectivity index (χ0v) is 9.85. The molecule has 4 N–H and O–H groups in total. The lowest BCUT2D eigenvalue weighted by Gasteiger charge is -1.99. The van der Waals surface area contributed by atoms with Gasteiger partial charge in [0, 0.05) is 17.8 Å². The molecule has 0 radical (unpaired) electrons. The molecule has 0 unspecified atom stereocenters. The number of hydrogen-bond donors (Lipinski definition) is 2. The highest BCUT2D eigenvalue weighted by Crippen LogP contribution is 2.26. The van der Waals surface area contributed by atoms with Gasteiger partial charge in [0.25, 0.3) is 5.69 Å². The number of nitro groups is 1. The minimum Gasteiger partial charge on any atom is -0.399 e. The SMILES string of the molecule is Nc1ccc(N=Nc2ccc([N+](=O)[O-])cc2)c(N)c1. The average molecular weight is 257 g/mol. The Bertz CT molecular complexity index is 637. The van der Waals surface area contributed by atoms with Gasteiger partial charge < -0.3 is 11.5 Å². The molecule has 2 aromatic rings. The van der Waals surface area contributed by atoms with Gasteiger partial charge >= 0.3 is 0 Å². The molecule has 0 bridgehead atoms. The summed E-state index contributed by atoms with van der Waals surface area (Å²) < 4.78 is 0. The molecule has 0 fully saturated rings. The van der Waals surface area contributed by atoms with Gasteiger partial charge in [-0.25, -0.2) is 0 Å². The van der Waals surface area contributed by atoms with Crippen LogP contribution in [0.25, 0.3) is 0 Å². The average Bonchev–Trinajstić information content (AvgIpc) is 2.38. The van der Waals surface area contributed by atoms with Crippen molar-refractivity contribution in [3.05, 3.63) is 52.6 Å². The standard InChI is InChI=1S/C12H11N5O2/c13-8-1-6-12(11(14)7-8)16-15-9-2-4-10(5-3-9)17(18)19/h1-7H,13-14H2. The quantitative estimate of drug-likeness (QED) is 0.379. The number of benzene rings is 2. The third kappa shape index (κ3) is 3.03. The van der Waals surface area contributed by atoms with E-state index in [4.69, 9.17) is 11.5 Å². The fourth-order valence-corrected chi connectivity index (χ4v) is 1.42. The Morgan fingerprint density at radius 1 is 1.00 bits per heavy atom. The topological polar surface area (TPSA) is 120 Å². The molecule has 0 saturated heterocycles. The van der Waals surface area contributed by atoms with Crippen molar-refractivity contribution in [1.82, 2.24) is 0 Å². The Labute approximate surface area is 108 Å². The third-order valence-electron chi connectivity index (χ3n) is 2.39. The normalized spacial score (nSPS) is 10.7. The molecule has 0 amide bonds. The number of nitro benzene ring substituents is 1. The molecule has 0 spiro atoms. The van der Waals surface area contributed by atoms with Crippen LogP contribution in [0.2, 0.25) is 0 Å². The highest BCUT2D eigenvalue weighted by molar-refractivity contribution is 5.67.